The van der Waals surface area contributed by atoms with Crippen molar-refractivity contribution >= 4 is 28.8 Å². The van der Waals surface area contributed by atoms with Crippen LogP contribution in [-0.2, 0) is 4.79 Å². The van der Waals surface area contributed by atoms with Crippen molar-refractivity contribution in [3.63, 3.8) is 0 Å². The van der Waals surface area contributed by atoms with Gasteiger partial charge in [0.05, 0.1) is 37.9 Å². The Morgan fingerprint density at radius 1 is 0.919 bits per heavy atom. The van der Waals surface area contributed by atoms with Gasteiger partial charge in [0.15, 0.2) is 22.7 Å². The number of hydrogen-bond donors (Lipinski definition) is 0. The number of ketones is 1. The van der Waals surface area contributed by atoms with E-state index in [1.54, 1.807) is 67.8 Å². The molecule has 184 valence electrons. The number of fused-ring (bicyclic) bond motifs is 4. The lowest BCUT2D eigenvalue weighted by molar-refractivity contribution is -0.135. The van der Waals surface area contributed by atoms with Gasteiger partial charge in [-0.25, -0.2) is 0 Å². The number of allylic oxidation sites excluding steroid dienone is 1. The normalized spacial score (nSPS) is 17.2. The topological polar surface area (TPSA) is 101 Å². The highest BCUT2D eigenvalue weighted by Crippen LogP contribution is 2.48. The molecule has 0 radical (unpaired) electrons. The Kier molecular flexibility index (Phi) is 5.30. The van der Waals surface area contributed by atoms with E-state index in [0.717, 1.165) is 0 Å². The Morgan fingerprint density at radius 2 is 1.73 bits per heavy atom. The highest BCUT2D eigenvalue weighted by atomic mass is 16.5. The van der Waals surface area contributed by atoms with Gasteiger partial charge < -0.3 is 23.4 Å². The van der Waals surface area contributed by atoms with Crippen LogP contribution in [-0.4, -0.2) is 26.0 Å². The van der Waals surface area contributed by atoms with Gasteiger partial charge in [-0.05, 0) is 48.0 Å². The van der Waals surface area contributed by atoms with Crippen LogP contribution < -0.4 is 24.4 Å². The minimum atomic E-state index is -0.708. The first-order valence-corrected chi connectivity index (χ1v) is 11.5. The lowest BCUT2D eigenvalue weighted by Crippen LogP contribution is -2.25. The number of ether oxygens (including phenoxy) is 4. The molecule has 0 bridgehead atoms. The van der Waals surface area contributed by atoms with Gasteiger partial charge in [-0.3, -0.25) is 14.4 Å². The van der Waals surface area contributed by atoms with E-state index in [9.17, 15) is 14.4 Å². The molecular weight excluding hydrogens is 476 g/mol. The molecule has 0 N–H and O–H groups in total. The number of esters is 1. The molecule has 1 aromatic heterocycles. The SMILES string of the molecule is COc1ccc(C=C2Oc3c(ccc4c3C(c3coc5ccccc5c3=O)CC(=O)O4)C2=O)cc1OC. The van der Waals surface area contributed by atoms with E-state index in [1.807, 2.05) is 0 Å². The summed E-state index contributed by atoms with van der Waals surface area (Å²) in [6, 6.07) is 15.2. The Labute approximate surface area is 210 Å². The second-order valence-electron chi connectivity index (χ2n) is 8.66. The van der Waals surface area contributed by atoms with Crippen LogP contribution in [0.4, 0.5) is 0 Å². The Morgan fingerprint density at radius 3 is 2.54 bits per heavy atom. The zero-order valence-corrected chi connectivity index (χ0v) is 19.9. The number of benzene rings is 3. The zero-order valence-electron chi connectivity index (χ0n) is 19.9. The van der Waals surface area contributed by atoms with Gasteiger partial charge in [-0.2, -0.15) is 0 Å². The summed E-state index contributed by atoms with van der Waals surface area (Å²) in [6.45, 7) is 0. The molecule has 1 atom stereocenters. The molecule has 6 rings (SSSR count). The molecule has 2 aliphatic rings. The van der Waals surface area contributed by atoms with Crippen LogP contribution in [0.1, 0.15) is 39.4 Å². The summed E-state index contributed by atoms with van der Waals surface area (Å²) >= 11 is 0. The lowest BCUT2D eigenvalue weighted by Gasteiger charge is -2.25. The van der Waals surface area contributed by atoms with Crippen LogP contribution in [0.25, 0.3) is 17.0 Å². The summed E-state index contributed by atoms with van der Waals surface area (Å²) < 4.78 is 27.9. The molecule has 8 heteroatoms. The number of carbonyl (C=O) groups excluding carboxylic acids is 2. The molecule has 0 saturated carbocycles. The molecule has 0 aliphatic carbocycles. The standard InChI is InChI=1S/C29H20O8/c1-33-21-9-7-15(11-23(21)34-2)12-24-28(32)17-8-10-22-26(29(17)37-24)18(13-25(30)36-22)19-14-35-20-6-4-3-5-16(20)27(19)31/h3-12,14,18H,13H2,1-2H3. The predicted octanol–water partition coefficient (Wildman–Crippen LogP) is 4.87. The fourth-order valence-electron chi connectivity index (χ4n) is 4.80. The maximum Gasteiger partial charge on any atom is 0.312 e. The number of Topliss-reactive ketones (excluding diaryl/α,β-unsaturated/α-hetero) is 1. The molecule has 4 aromatic rings. The highest BCUT2D eigenvalue weighted by molar-refractivity contribution is 6.15. The van der Waals surface area contributed by atoms with Crippen LogP contribution in [0.2, 0.25) is 0 Å². The van der Waals surface area contributed by atoms with Crippen molar-refractivity contribution < 1.29 is 33.0 Å². The van der Waals surface area contributed by atoms with E-state index < -0.39 is 11.9 Å². The van der Waals surface area contributed by atoms with Crippen LogP contribution >= 0.6 is 0 Å². The van der Waals surface area contributed by atoms with Crippen molar-refractivity contribution in [3.8, 4) is 23.0 Å². The minimum Gasteiger partial charge on any atom is -0.493 e. The largest absolute Gasteiger partial charge is 0.493 e. The van der Waals surface area contributed by atoms with Crippen LogP contribution in [0, 0.1) is 0 Å². The van der Waals surface area contributed by atoms with Gasteiger partial charge in [-0.1, -0.05) is 18.2 Å². The summed E-state index contributed by atoms with van der Waals surface area (Å²) in [4.78, 5) is 39.1. The van der Waals surface area contributed by atoms with E-state index in [2.05, 4.69) is 0 Å². The second kappa shape index (κ2) is 8.67. The molecule has 3 heterocycles. The van der Waals surface area contributed by atoms with Crippen LogP contribution in [0.3, 0.4) is 0 Å². The minimum absolute atomic E-state index is 0.0943. The quantitative estimate of drug-likeness (QED) is 0.224. The first-order chi connectivity index (χ1) is 18.0. The van der Waals surface area contributed by atoms with Crippen molar-refractivity contribution in [2.75, 3.05) is 14.2 Å². The molecule has 0 fully saturated rings. The summed E-state index contributed by atoms with van der Waals surface area (Å²) in [5.41, 5.74) is 1.93. The van der Waals surface area contributed by atoms with E-state index in [4.69, 9.17) is 23.4 Å². The van der Waals surface area contributed by atoms with Crippen LogP contribution in [0.5, 0.6) is 23.0 Å². The number of methoxy groups -OCH3 is 2. The molecule has 0 spiro atoms. The second-order valence-corrected chi connectivity index (χ2v) is 8.66. The van der Waals surface area contributed by atoms with Gasteiger partial charge in [0.25, 0.3) is 0 Å². The van der Waals surface area contributed by atoms with E-state index >= 15 is 0 Å². The summed E-state index contributed by atoms with van der Waals surface area (Å²) in [7, 11) is 3.07. The first-order valence-electron chi connectivity index (χ1n) is 11.5. The zero-order chi connectivity index (χ0) is 25.7. The maximum absolute atomic E-state index is 13.4. The van der Waals surface area contributed by atoms with Gasteiger partial charge >= 0.3 is 5.97 Å². The van der Waals surface area contributed by atoms with Crippen molar-refractivity contribution in [2.24, 2.45) is 0 Å². The number of para-hydroxylation sites is 1. The fourth-order valence-corrected chi connectivity index (χ4v) is 4.80. The Balaban J connectivity index is 1.46. The molecule has 8 nitrogen and oxygen atoms in total. The molecular formula is C29H20O8. The average Bonchev–Trinajstić information content (AvgIpc) is 3.23. The number of rotatable bonds is 4. The number of hydrogen-bond acceptors (Lipinski definition) is 8. The van der Waals surface area contributed by atoms with E-state index in [0.29, 0.717) is 44.7 Å². The van der Waals surface area contributed by atoms with Crippen molar-refractivity contribution in [2.45, 2.75) is 12.3 Å². The third-order valence-corrected chi connectivity index (χ3v) is 6.57. The highest BCUT2D eigenvalue weighted by Gasteiger charge is 2.39. The summed E-state index contributed by atoms with van der Waals surface area (Å²) in [6.07, 6.45) is 2.87. The van der Waals surface area contributed by atoms with E-state index in [-0.39, 0.29) is 34.9 Å². The number of carbonyl (C=O) groups is 2. The molecule has 2 aliphatic heterocycles. The maximum atomic E-state index is 13.4. The summed E-state index contributed by atoms with van der Waals surface area (Å²) in [5, 5.41) is 0.402. The lowest BCUT2D eigenvalue weighted by atomic mass is 9.85. The summed E-state index contributed by atoms with van der Waals surface area (Å²) in [5.74, 6) is 0.139. The molecule has 0 amide bonds. The van der Waals surface area contributed by atoms with Crippen LogP contribution in [0.15, 0.2) is 75.8 Å². The van der Waals surface area contributed by atoms with Gasteiger partial charge in [0, 0.05) is 17.0 Å². The van der Waals surface area contributed by atoms with Crippen molar-refractivity contribution in [3.05, 3.63) is 99.1 Å². The third-order valence-electron chi connectivity index (χ3n) is 6.57. The molecule has 0 saturated heterocycles. The average molecular weight is 496 g/mol. The molecule has 1 unspecified atom stereocenters. The smallest absolute Gasteiger partial charge is 0.312 e. The van der Waals surface area contributed by atoms with Gasteiger partial charge in [-0.15, -0.1) is 0 Å². The predicted molar refractivity (Wildman–Crippen MR) is 134 cm³/mol. The molecule has 37 heavy (non-hydrogen) atoms. The van der Waals surface area contributed by atoms with E-state index in [1.165, 1.54) is 13.4 Å². The van der Waals surface area contributed by atoms with Crippen molar-refractivity contribution in [1.29, 1.82) is 0 Å². The molecule has 3 aromatic carbocycles. The van der Waals surface area contributed by atoms with Gasteiger partial charge in [0.2, 0.25) is 5.78 Å². The first kappa shape index (κ1) is 22.6. The van der Waals surface area contributed by atoms with Crippen molar-refractivity contribution in [1.82, 2.24) is 0 Å². The third kappa shape index (κ3) is 3.65. The fraction of sp³-hybridized carbons (Fsp3) is 0.138. The Hall–Kier alpha value is -4.85. The monoisotopic (exact) mass is 496 g/mol. The van der Waals surface area contributed by atoms with Gasteiger partial charge in [0.1, 0.15) is 17.1 Å². The Bertz CT molecular complexity index is 1690.